The van der Waals surface area contributed by atoms with Crippen molar-refractivity contribution in [2.45, 2.75) is 0 Å². The van der Waals surface area contributed by atoms with E-state index in [0.29, 0.717) is 5.69 Å². The molecule has 27 heavy (non-hydrogen) atoms. The van der Waals surface area contributed by atoms with Gasteiger partial charge in [0.25, 0.3) is 0 Å². The van der Waals surface area contributed by atoms with Gasteiger partial charge in [-0.15, -0.1) is 0 Å². The molecule has 0 bridgehead atoms. The fourth-order valence-corrected chi connectivity index (χ4v) is 2.79. The van der Waals surface area contributed by atoms with Crippen LogP contribution in [0, 0.1) is 0 Å². The quantitative estimate of drug-likeness (QED) is 0.776. The third-order valence-corrected chi connectivity index (χ3v) is 4.15. The Hall–Kier alpha value is -3.61. The first-order chi connectivity index (χ1) is 13.1. The van der Waals surface area contributed by atoms with E-state index in [1.807, 2.05) is 35.9 Å². The molecule has 2 heterocycles. The molecule has 2 aromatic rings. The first kappa shape index (κ1) is 18.2. The molecule has 0 unspecified atom stereocenters. The smallest absolute Gasteiger partial charge is 0.355 e. The topological polar surface area (TPSA) is 73.7 Å². The van der Waals surface area contributed by atoms with Crippen LogP contribution < -0.4 is 4.90 Å². The van der Waals surface area contributed by atoms with Crippen LogP contribution in [0.5, 0.6) is 0 Å². The van der Waals surface area contributed by atoms with Crippen molar-refractivity contribution < 1.29 is 19.1 Å². The Bertz CT molecular complexity index is 952. The Labute approximate surface area is 156 Å². The number of hydrogen-bond acceptors (Lipinski definition) is 6. The van der Waals surface area contributed by atoms with Crippen LogP contribution in [-0.4, -0.2) is 35.7 Å². The number of benzene rings is 1. The summed E-state index contributed by atoms with van der Waals surface area (Å²) in [7, 11) is 4.45. The zero-order chi connectivity index (χ0) is 19.4. The van der Waals surface area contributed by atoms with E-state index in [4.69, 9.17) is 9.47 Å². The van der Waals surface area contributed by atoms with Crippen molar-refractivity contribution in [3.05, 3.63) is 72.5 Å². The highest BCUT2D eigenvalue weighted by Gasteiger charge is 2.27. The highest BCUT2D eigenvalue weighted by atomic mass is 16.5. The van der Waals surface area contributed by atoms with Gasteiger partial charge in [-0.2, -0.15) is 0 Å². The molecule has 0 saturated heterocycles. The lowest BCUT2D eigenvalue weighted by molar-refractivity contribution is -0.139. The number of carbonyl (C=O) groups excluding carboxylic acids is 2. The highest BCUT2D eigenvalue weighted by molar-refractivity contribution is 6.05. The summed E-state index contributed by atoms with van der Waals surface area (Å²) < 4.78 is 11.6. The molecule has 0 amide bonds. The number of aromatic nitrogens is 2. The summed E-state index contributed by atoms with van der Waals surface area (Å²) in [6.45, 7) is 0. The molecule has 0 spiro atoms. The standard InChI is InChI=1S/C20H19N3O4/c1-22-13-21-12-17(22)14-7-9-15(10-8-14)23-11-5-4-6-16(19(24)26-2)18(23)20(25)27-3/h4-13H,1-3H3. The Morgan fingerprint density at radius 1 is 1.00 bits per heavy atom. The predicted octanol–water partition coefficient (Wildman–Crippen LogP) is 2.58. The molecule has 1 aromatic carbocycles. The monoisotopic (exact) mass is 365 g/mol. The summed E-state index contributed by atoms with van der Waals surface area (Å²) in [4.78, 5) is 30.3. The van der Waals surface area contributed by atoms with Gasteiger partial charge < -0.3 is 18.9 Å². The minimum absolute atomic E-state index is 0.0858. The summed E-state index contributed by atoms with van der Waals surface area (Å²) in [5.74, 6) is -1.26. The van der Waals surface area contributed by atoms with Crippen LogP contribution in [0.15, 0.2) is 72.5 Å². The summed E-state index contributed by atoms with van der Waals surface area (Å²) in [5.41, 5.74) is 2.84. The first-order valence-corrected chi connectivity index (χ1v) is 8.18. The average Bonchev–Trinajstić information content (AvgIpc) is 3.00. The number of hydrogen-bond donors (Lipinski definition) is 0. The van der Waals surface area contributed by atoms with E-state index in [9.17, 15) is 9.59 Å². The number of methoxy groups -OCH3 is 2. The van der Waals surface area contributed by atoms with Gasteiger partial charge in [0.05, 0.1) is 38.0 Å². The molecule has 7 heteroatoms. The van der Waals surface area contributed by atoms with Gasteiger partial charge in [-0.25, -0.2) is 14.6 Å². The largest absolute Gasteiger partial charge is 0.465 e. The number of imidazole rings is 1. The minimum Gasteiger partial charge on any atom is -0.465 e. The van der Waals surface area contributed by atoms with Crippen molar-refractivity contribution in [3.8, 4) is 11.3 Å². The maximum atomic E-state index is 12.4. The van der Waals surface area contributed by atoms with Crippen LogP contribution in [0.2, 0.25) is 0 Å². The molecule has 0 saturated carbocycles. The van der Waals surface area contributed by atoms with Crippen LogP contribution in [0.25, 0.3) is 11.3 Å². The number of rotatable bonds is 4. The second kappa shape index (κ2) is 7.74. The van der Waals surface area contributed by atoms with Crippen molar-refractivity contribution in [1.29, 1.82) is 0 Å². The number of nitrogens with zero attached hydrogens (tertiary/aromatic N) is 3. The van der Waals surface area contributed by atoms with Crippen molar-refractivity contribution in [2.75, 3.05) is 19.1 Å². The maximum Gasteiger partial charge on any atom is 0.355 e. The van der Waals surface area contributed by atoms with Gasteiger partial charge in [0, 0.05) is 18.9 Å². The van der Waals surface area contributed by atoms with Gasteiger partial charge in [-0.1, -0.05) is 18.2 Å². The lowest BCUT2D eigenvalue weighted by Gasteiger charge is -2.23. The molecule has 0 radical (unpaired) electrons. The van der Waals surface area contributed by atoms with Crippen molar-refractivity contribution in [1.82, 2.24) is 9.55 Å². The van der Waals surface area contributed by atoms with Crippen LogP contribution in [0.4, 0.5) is 5.69 Å². The Morgan fingerprint density at radius 2 is 1.70 bits per heavy atom. The zero-order valence-electron chi connectivity index (χ0n) is 15.2. The molecule has 0 N–H and O–H groups in total. The summed E-state index contributed by atoms with van der Waals surface area (Å²) in [5, 5.41) is 0. The number of esters is 2. The Kier molecular flexibility index (Phi) is 5.21. The number of anilines is 1. The molecule has 7 nitrogen and oxygen atoms in total. The van der Waals surface area contributed by atoms with Gasteiger partial charge in [-0.3, -0.25) is 0 Å². The van der Waals surface area contributed by atoms with E-state index in [1.54, 1.807) is 35.8 Å². The van der Waals surface area contributed by atoms with E-state index >= 15 is 0 Å². The van der Waals surface area contributed by atoms with Gasteiger partial charge in [-0.05, 0) is 29.8 Å². The van der Waals surface area contributed by atoms with Crippen molar-refractivity contribution >= 4 is 17.6 Å². The van der Waals surface area contributed by atoms with E-state index in [0.717, 1.165) is 11.3 Å². The third-order valence-electron chi connectivity index (χ3n) is 4.15. The second-order valence-electron chi connectivity index (χ2n) is 5.75. The normalized spacial score (nSPS) is 13.5. The fraction of sp³-hybridized carbons (Fsp3) is 0.150. The summed E-state index contributed by atoms with van der Waals surface area (Å²) >= 11 is 0. The number of allylic oxidation sites excluding steroid dienone is 2. The molecule has 1 aliphatic heterocycles. The lowest BCUT2D eigenvalue weighted by atomic mass is 10.1. The average molecular weight is 365 g/mol. The van der Waals surface area contributed by atoms with Crippen molar-refractivity contribution in [3.63, 3.8) is 0 Å². The molecule has 0 atom stereocenters. The van der Waals surface area contributed by atoms with E-state index < -0.39 is 11.9 Å². The Balaban J connectivity index is 2.06. The molecule has 3 rings (SSSR count). The third kappa shape index (κ3) is 3.52. The molecule has 1 aromatic heterocycles. The molecule has 1 aliphatic rings. The fourth-order valence-electron chi connectivity index (χ4n) is 2.79. The van der Waals surface area contributed by atoms with Crippen molar-refractivity contribution in [2.24, 2.45) is 7.05 Å². The summed E-state index contributed by atoms with van der Waals surface area (Å²) in [6.07, 6.45) is 10.1. The number of aryl methyl sites for hydroxylation is 1. The van der Waals surface area contributed by atoms with Gasteiger partial charge in [0.2, 0.25) is 0 Å². The van der Waals surface area contributed by atoms with Crippen LogP contribution in [0.3, 0.4) is 0 Å². The van der Waals surface area contributed by atoms with Gasteiger partial charge in [0.15, 0.2) is 0 Å². The zero-order valence-corrected chi connectivity index (χ0v) is 15.2. The minimum atomic E-state index is -0.637. The van der Waals surface area contributed by atoms with Crippen LogP contribution in [0.1, 0.15) is 0 Å². The highest BCUT2D eigenvalue weighted by Crippen LogP contribution is 2.28. The SMILES string of the molecule is COC(=O)C1=C(C(=O)OC)N(c2ccc(-c3cncn3C)cc2)C=CC=C1. The van der Waals surface area contributed by atoms with E-state index in [2.05, 4.69) is 4.98 Å². The van der Waals surface area contributed by atoms with E-state index in [1.165, 1.54) is 20.3 Å². The van der Waals surface area contributed by atoms with Gasteiger partial charge >= 0.3 is 11.9 Å². The van der Waals surface area contributed by atoms with E-state index in [-0.39, 0.29) is 11.3 Å². The first-order valence-electron chi connectivity index (χ1n) is 8.18. The number of ether oxygens (including phenoxy) is 2. The van der Waals surface area contributed by atoms with Gasteiger partial charge in [0.1, 0.15) is 5.70 Å². The predicted molar refractivity (Wildman–Crippen MR) is 100 cm³/mol. The molecule has 138 valence electrons. The number of carbonyl (C=O) groups is 2. The molecular formula is C20H19N3O4. The molecule has 0 fully saturated rings. The molecule has 0 aliphatic carbocycles. The lowest BCUT2D eigenvalue weighted by Crippen LogP contribution is -2.26. The van der Waals surface area contributed by atoms with Crippen LogP contribution in [-0.2, 0) is 26.1 Å². The second-order valence-corrected chi connectivity index (χ2v) is 5.75. The maximum absolute atomic E-state index is 12.4. The van der Waals surface area contributed by atoms with Crippen LogP contribution >= 0.6 is 0 Å². The molecular weight excluding hydrogens is 346 g/mol. The Morgan fingerprint density at radius 3 is 2.30 bits per heavy atom. The summed E-state index contributed by atoms with van der Waals surface area (Å²) in [6, 6.07) is 7.56.